The average Bonchev–Trinajstić information content (AvgIpc) is 3.39. The van der Waals surface area contributed by atoms with Crippen LogP contribution in [0.3, 0.4) is 0 Å². The highest BCUT2D eigenvalue weighted by Crippen LogP contribution is 2.56. The number of carbonyl (C=O) groups is 1. The fraction of sp³-hybridized carbons (Fsp3) is 0.421. The van der Waals surface area contributed by atoms with E-state index in [1.807, 2.05) is 0 Å². The summed E-state index contributed by atoms with van der Waals surface area (Å²) in [5.74, 6) is 0.678. The van der Waals surface area contributed by atoms with Gasteiger partial charge in [-0.15, -0.1) is 0 Å². The van der Waals surface area contributed by atoms with Gasteiger partial charge in [0.25, 0.3) is 5.91 Å². The third-order valence-electron chi connectivity index (χ3n) is 6.27. The van der Waals surface area contributed by atoms with Gasteiger partial charge in [0.05, 0.1) is 23.3 Å². The number of anilines is 1. The molecule has 8 heteroatoms. The Balaban J connectivity index is 1.36. The zero-order chi connectivity index (χ0) is 18.8. The van der Waals surface area contributed by atoms with Crippen molar-refractivity contribution in [1.82, 2.24) is 4.31 Å². The van der Waals surface area contributed by atoms with E-state index >= 15 is 0 Å². The molecule has 0 unspecified atom stereocenters. The number of hydrogen-bond acceptors (Lipinski definition) is 5. The van der Waals surface area contributed by atoms with Crippen LogP contribution in [0, 0.1) is 17.8 Å². The number of rotatable bonds is 4. The van der Waals surface area contributed by atoms with Gasteiger partial charge in [-0.2, -0.15) is 4.31 Å². The second kappa shape index (κ2) is 5.92. The molecule has 5 rings (SSSR count). The molecule has 1 amide bonds. The Morgan fingerprint density at radius 3 is 2.59 bits per heavy atom. The van der Waals surface area contributed by atoms with Crippen molar-refractivity contribution in [1.29, 1.82) is 0 Å². The summed E-state index contributed by atoms with van der Waals surface area (Å²) in [6, 6.07) is 8.99. The minimum absolute atomic E-state index is 0.176. The van der Waals surface area contributed by atoms with Gasteiger partial charge in [0.1, 0.15) is 0 Å². The molecule has 27 heavy (non-hydrogen) atoms. The van der Waals surface area contributed by atoms with E-state index in [2.05, 4.69) is 5.32 Å². The maximum atomic E-state index is 13.1. The van der Waals surface area contributed by atoms with Crippen LogP contribution in [-0.4, -0.2) is 42.4 Å². The lowest BCUT2D eigenvalue weighted by Gasteiger charge is -2.28. The van der Waals surface area contributed by atoms with Crippen molar-refractivity contribution in [3.05, 3.63) is 48.4 Å². The molecule has 3 aliphatic rings. The quantitative estimate of drug-likeness (QED) is 0.834. The molecule has 1 saturated heterocycles. The van der Waals surface area contributed by atoms with E-state index in [-0.39, 0.29) is 28.5 Å². The molecule has 5 atom stereocenters. The molecule has 142 valence electrons. The van der Waals surface area contributed by atoms with Crippen LogP contribution in [0.2, 0.25) is 0 Å². The Bertz CT molecular complexity index is 968. The molecule has 0 spiro atoms. The first-order valence-electron chi connectivity index (χ1n) is 9.10. The normalized spacial score (nSPS) is 32.1. The molecule has 2 N–H and O–H groups in total. The van der Waals surface area contributed by atoms with Crippen molar-refractivity contribution in [2.75, 3.05) is 11.9 Å². The molecular formula is C19H20N2O5S. The van der Waals surface area contributed by atoms with Crippen LogP contribution >= 0.6 is 0 Å². The fourth-order valence-electron chi connectivity index (χ4n) is 5.08. The summed E-state index contributed by atoms with van der Waals surface area (Å²) < 4.78 is 32.8. The largest absolute Gasteiger partial charge is 0.459 e. The number of carbonyl (C=O) groups excluding carboxylic acids is 1. The van der Waals surface area contributed by atoms with Crippen LogP contribution in [0.5, 0.6) is 0 Å². The summed E-state index contributed by atoms with van der Waals surface area (Å²) in [4.78, 5) is 12.2. The van der Waals surface area contributed by atoms with E-state index in [1.165, 1.54) is 22.7 Å². The fourth-order valence-corrected chi connectivity index (χ4v) is 6.82. The molecule has 2 bridgehead atoms. The average molecular weight is 388 g/mol. The third-order valence-corrected chi connectivity index (χ3v) is 8.15. The maximum absolute atomic E-state index is 13.1. The van der Waals surface area contributed by atoms with Crippen LogP contribution in [0.25, 0.3) is 0 Å². The molecule has 7 nitrogen and oxygen atoms in total. The van der Waals surface area contributed by atoms with Crippen LogP contribution in [-0.2, 0) is 10.0 Å². The second-order valence-electron chi connectivity index (χ2n) is 7.67. The monoisotopic (exact) mass is 388 g/mol. The Morgan fingerprint density at radius 1 is 1.15 bits per heavy atom. The number of aliphatic hydroxyl groups is 1. The highest BCUT2D eigenvalue weighted by molar-refractivity contribution is 7.89. The minimum Gasteiger partial charge on any atom is -0.459 e. The van der Waals surface area contributed by atoms with Crippen molar-refractivity contribution in [3.8, 4) is 0 Å². The first kappa shape index (κ1) is 17.0. The summed E-state index contributed by atoms with van der Waals surface area (Å²) >= 11 is 0. The summed E-state index contributed by atoms with van der Waals surface area (Å²) in [5.41, 5.74) is 0.484. The molecular weight excluding hydrogens is 368 g/mol. The number of amides is 1. The number of nitrogens with zero attached hydrogens (tertiary/aromatic N) is 1. The first-order valence-corrected chi connectivity index (χ1v) is 10.5. The number of furan rings is 1. The van der Waals surface area contributed by atoms with Crippen LogP contribution in [0.1, 0.15) is 23.4 Å². The Kier molecular flexibility index (Phi) is 3.72. The van der Waals surface area contributed by atoms with E-state index < -0.39 is 22.0 Å². The summed E-state index contributed by atoms with van der Waals surface area (Å²) in [7, 11) is -3.68. The zero-order valence-electron chi connectivity index (χ0n) is 14.5. The number of benzene rings is 1. The van der Waals surface area contributed by atoms with Gasteiger partial charge in [-0.25, -0.2) is 8.42 Å². The van der Waals surface area contributed by atoms with E-state index in [0.717, 1.165) is 12.8 Å². The lowest BCUT2D eigenvalue weighted by atomic mass is 9.88. The topological polar surface area (TPSA) is 99.9 Å². The lowest BCUT2D eigenvalue weighted by molar-refractivity contribution is 0.0731. The summed E-state index contributed by atoms with van der Waals surface area (Å²) in [5, 5.41) is 13.1. The van der Waals surface area contributed by atoms with Crippen LogP contribution < -0.4 is 5.32 Å². The van der Waals surface area contributed by atoms with Crippen molar-refractivity contribution in [2.45, 2.75) is 29.9 Å². The van der Waals surface area contributed by atoms with Crippen LogP contribution in [0.4, 0.5) is 5.69 Å². The van der Waals surface area contributed by atoms with Crippen molar-refractivity contribution in [2.24, 2.45) is 17.8 Å². The number of fused-ring (bicyclic) bond motifs is 1. The van der Waals surface area contributed by atoms with E-state index in [4.69, 9.17) is 4.42 Å². The smallest absolute Gasteiger partial charge is 0.291 e. The molecule has 2 aromatic rings. The maximum Gasteiger partial charge on any atom is 0.291 e. The van der Waals surface area contributed by atoms with Crippen molar-refractivity contribution in [3.63, 3.8) is 0 Å². The zero-order valence-corrected chi connectivity index (χ0v) is 15.3. The highest BCUT2D eigenvalue weighted by Gasteiger charge is 2.61. The molecule has 1 aliphatic heterocycles. The third kappa shape index (κ3) is 2.55. The second-order valence-corrected chi connectivity index (χ2v) is 9.56. The van der Waals surface area contributed by atoms with Gasteiger partial charge in [-0.05, 0) is 67.0 Å². The van der Waals surface area contributed by atoms with Gasteiger partial charge >= 0.3 is 0 Å². The Hall–Kier alpha value is -2.16. The van der Waals surface area contributed by atoms with E-state index in [1.54, 1.807) is 24.3 Å². The van der Waals surface area contributed by atoms with Gasteiger partial charge in [-0.3, -0.25) is 4.79 Å². The number of aliphatic hydroxyl groups excluding tert-OH is 1. The lowest BCUT2D eigenvalue weighted by Crippen LogP contribution is -2.43. The predicted molar refractivity (Wildman–Crippen MR) is 96.5 cm³/mol. The SMILES string of the molecule is O=C(Nc1ccc(S(=O)(=O)N2C[C@@H]3C[C@H]4C[C@H]3[C@H]2[C@H]4O)cc1)c1ccco1. The van der Waals surface area contributed by atoms with Gasteiger partial charge < -0.3 is 14.8 Å². The molecule has 0 radical (unpaired) electrons. The number of nitrogens with one attached hydrogen (secondary N) is 1. The first-order chi connectivity index (χ1) is 12.9. The van der Waals surface area contributed by atoms with E-state index in [0.29, 0.717) is 18.2 Å². The minimum atomic E-state index is -3.68. The van der Waals surface area contributed by atoms with Gasteiger partial charge in [-0.1, -0.05) is 0 Å². The number of sulfonamides is 1. The molecule has 2 saturated carbocycles. The predicted octanol–water partition coefficient (Wildman–Crippen LogP) is 1.92. The molecule has 3 fully saturated rings. The van der Waals surface area contributed by atoms with Gasteiger partial charge in [0.2, 0.25) is 10.0 Å². The molecule has 2 aliphatic carbocycles. The Labute approximate surface area is 157 Å². The summed E-state index contributed by atoms with van der Waals surface area (Å²) in [6.07, 6.45) is 2.71. The van der Waals surface area contributed by atoms with Crippen molar-refractivity contribution >= 4 is 21.6 Å². The Morgan fingerprint density at radius 2 is 1.93 bits per heavy atom. The molecule has 1 aromatic heterocycles. The van der Waals surface area contributed by atoms with Crippen LogP contribution in [0.15, 0.2) is 52.0 Å². The van der Waals surface area contributed by atoms with Gasteiger partial charge in [0.15, 0.2) is 5.76 Å². The van der Waals surface area contributed by atoms with E-state index in [9.17, 15) is 18.3 Å². The van der Waals surface area contributed by atoms with Gasteiger partial charge in [0, 0.05) is 12.2 Å². The standard InChI is InChI=1S/C19H20N2O5S/c22-18-11-8-12-10-21(17(18)15(12)9-11)27(24,25)14-5-3-13(4-6-14)20-19(23)16-2-1-7-26-16/h1-7,11-12,15,17-18,22H,8-10H2,(H,20,23)/t11-,12-,15+,17-,18-/m0/s1. The molecule has 1 aromatic carbocycles. The van der Waals surface area contributed by atoms with Crippen molar-refractivity contribution < 1.29 is 22.7 Å². The highest BCUT2D eigenvalue weighted by atomic mass is 32.2. The summed E-state index contributed by atoms with van der Waals surface area (Å²) in [6.45, 7) is 0.488. The molecule has 2 heterocycles. The number of hydrogen-bond donors (Lipinski definition) is 2.